The number of benzene rings is 2. The maximum absolute atomic E-state index is 12.6. The van der Waals surface area contributed by atoms with Crippen LogP contribution in [0.4, 0.5) is 5.69 Å². The fourth-order valence-corrected chi connectivity index (χ4v) is 3.70. The molecular weight excluding hydrogens is 426 g/mol. The third kappa shape index (κ3) is 3.13. The summed E-state index contributed by atoms with van der Waals surface area (Å²) in [6, 6.07) is 13.2. The van der Waals surface area contributed by atoms with Gasteiger partial charge in [0.05, 0.1) is 5.92 Å². The van der Waals surface area contributed by atoms with Crippen LogP contribution in [0.2, 0.25) is 0 Å². The molecule has 0 aliphatic carbocycles. The Kier molecular flexibility index (Phi) is 4.27. The first-order valence-corrected chi connectivity index (χ1v) is 9.76. The molecule has 0 bridgehead atoms. The van der Waals surface area contributed by atoms with E-state index in [1.54, 1.807) is 4.90 Å². The van der Waals surface area contributed by atoms with Crippen LogP contribution in [0.5, 0.6) is 11.5 Å². The number of hydrogen-bond acceptors (Lipinski definition) is 6. The minimum absolute atomic E-state index is 0.0186. The fraction of sp³-hybridized carbons (Fsp3) is 0.250. The van der Waals surface area contributed by atoms with Crippen molar-refractivity contribution in [2.45, 2.75) is 12.3 Å². The molecule has 0 spiro atoms. The van der Waals surface area contributed by atoms with E-state index < -0.39 is 0 Å². The summed E-state index contributed by atoms with van der Waals surface area (Å²) in [5.41, 5.74) is 1.65. The summed E-state index contributed by atoms with van der Waals surface area (Å²) >= 11 is 3.41. The van der Waals surface area contributed by atoms with Crippen LogP contribution >= 0.6 is 15.9 Å². The highest BCUT2D eigenvalue weighted by Crippen LogP contribution is 2.37. The van der Waals surface area contributed by atoms with Crippen LogP contribution in [0.3, 0.4) is 0 Å². The SMILES string of the molecule is O=C1C[C@H](c2nc(-c3ccc(Br)cc3)no2)CN1c1ccc2c(c1)OCCO2. The second-order valence-corrected chi connectivity index (χ2v) is 7.61. The highest BCUT2D eigenvalue weighted by molar-refractivity contribution is 9.10. The monoisotopic (exact) mass is 441 g/mol. The third-order valence-electron chi connectivity index (χ3n) is 4.86. The molecule has 1 saturated heterocycles. The zero-order valence-corrected chi connectivity index (χ0v) is 16.4. The van der Waals surface area contributed by atoms with Gasteiger partial charge in [-0.1, -0.05) is 21.1 Å². The predicted octanol–water partition coefficient (Wildman–Crippen LogP) is 3.79. The molecule has 28 heavy (non-hydrogen) atoms. The average Bonchev–Trinajstić information content (AvgIpc) is 3.35. The van der Waals surface area contributed by atoms with Gasteiger partial charge >= 0.3 is 0 Å². The van der Waals surface area contributed by atoms with Crippen molar-refractivity contribution in [3.63, 3.8) is 0 Å². The molecule has 142 valence electrons. The largest absolute Gasteiger partial charge is 0.486 e. The summed E-state index contributed by atoms with van der Waals surface area (Å²) < 4.78 is 17.6. The zero-order valence-electron chi connectivity index (χ0n) is 14.8. The molecule has 1 atom stereocenters. The number of fused-ring (bicyclic) bond motifs is 1. The molecule has 0 N–H and O–H groups in total. The number of nitrogens with zero attached hydrogens (tertiary/aromatic N) is 3. The molecule has 0 radical (unpaired) electrons. The molecule has 8 heteroatoms. The maximum Gasteiger partial charge on any atom is 0.232 e. The lowest BCUT2D eigenvalue weighted by Crippen LogP contribution is -2.24. The first-order chi connectivity index (χ1) is 13.7. The van der Waals surface area contributed by atoms with Crippen LogP contribution < -0.4 is 14.4 Å². The first kappa shape index (κ1) is 17.2. The van der Waals surface area contributed by atoms with Crippen molar-refractivity contribution in [1.82, 2.24) is 10.1 Å². The lowest BCUT2D eigenvalue weighted by Gasteiger charge is -2.22. The van der Waals surface area contributed by atoms with E-state index in [2.05, 4.69) is 26.1 Å². The van der Waals surface area contributed by atoms with Crippen LogP contribution in [0.15, 0.2) is 51.5 Å². The molecule has 3 heterocycles. The molecule has 3 aromatic rings. The van der Waals surface area contributed by atoms with Gasteiger partial charge in [0.2, 0.25) is 17.6 Å². The van der Waals surface area contributed by atoms with Crippen molar-refractivity contribution < 1.29 is 18.8 Å². The number of carbonyl (C=O) groups excluding carboxylic acids is 1. The van der Waals surface area contributed by atoms with Gasteiger partial charge in [-0.15, -0.1) is 0 Å². The minimum atomic E-state index is -0.141. The summed E-state index contributed by atoms with van der Waals surface area (Å²) in [5, 5.41) is 4.07. The number of ether oxygens (including phenoxy) is 2. The number of aromatic nitrogens is 2. The third-order valence-corrected chi connectivity index (χ3v) is 5.38. The Morgan fingerprint density at radius 1 is 1.04 bits per heavy atom. The Labute approximate surface area is 169 Å². The van der Waals surface area contributed by atoms with Gasteiger partial charge in [0.1, 0.15) is 13.2 Å². The molecule has 7 nitrogen and oxygen atoms in total. The Bertz CT molecular complexity index is 1030. The minimum Gasteiger partial charge on any atom is -0.486 e. The van der Waals surface area contributed by atoms with E-state index in [0.29, 0.717) is 49.4 Å². The molecule has 2 aliphatic rings. The number of amides is 1. The summed E-state index contributed by atoms with van der Waals surface area (Å²) in [6.45, 7) is 1.53. The van der Waals surface area contributed by atoms with Crippen molar-refractivity contribution in [3.05, 3.63) is 52.8 Å². The Hall–Kier alpha value is -2.87. The smallest absolute Gasteiger partial charge is 0.232 e. The number of rotatable bonds is 3. The molecule has 0 saturated carbocycles. The van der Waals surface area contributed by atoms with Crippen LogP contribution in [-0.4, -0.2) is 35.8 Å². The number of anilines is 1. The normalized spacial score (nSPS) is 18.5. The summed E-state index contributed by atoms with van der Waals surface area (Å²) in [4.78, 5) is 18.8. The van der Waals surface area contributed by atoms with Gasteiger partial charge in [0.15, 0.2) is 11.5 Å². The van der Waals surface area contributed by atoms with Crippen molar-refractivity contribution in [2.75, 3.05) is 24.7 Å². The lowest BCUT2D eigenvalue weighted by molar-refractivity contribution is -0.117. The standard InChI is InChI=1S/C20H16BrN3O4/c21-14-3-1-12(2-4-14)19-22-20(28-23-19)13-9-18(25)24(11-13)15-5-6-16-17(10-15)27-8-7-26-16/h1-6,10,13H,7-9,11H2/t13-/m0/s1. The van der Waals surface area contributed by atoms with Crippen LogP contribution in [0.25, 0.3) is 11.4 Å². The van der Waals surface area contributed by atoms with Gasteiger partial charge in [-0.2, -0.15) is 4.98 Å². The highest BCUT2D eigenvalue weighted by Gasteiger charge is 2.35. The molecule has 5 rings (SSSR count). The molecule has 1 fully saturated rings. The predicted molar refractivity (Wildman–Crippen MR) is 105 cm³/mol. The number of halogens is 1. The van der Waals surface area contributed by atoms with Crippen LogP contribution in [0, 0.1) is 0 Å². The van der Waals surface area contributed by atoms with Crippen molar-refractivity contribution in [2.24, 2.45) is 0 Å². The van der Waals surface area contributed by atoms with Crippen molar-refractivity contribution in [1.29, 1.82) is 0 Å². The van der Waals surface area contributed by atoms with E-state index in [-0.39, 0.29) is 11.8 Å². The topological polar surface area (TPSA) is 77.7 Å². The quantitative estimate of drug-likeness (QED) is 0.615. The van der Waals surface area contributed by atoms with Crippen LogP contribution in [0.1, 0.15) is 18.2 Å². The zero-order chi connectivity index (χ0) is 19.1. The Balaban J connectivity index is 1.36. The first-order valence-electron chi connectivity index (χ1n) is 8.97. The highest BCUT2D eigenvalue weighted by atomic mass is 79.9. The second kappa shape index (κ2) is 6.94. The molecule has 1 amide bonds. The summed E-state index contributed by atoms with van der Waals surface area (Å²) in [6.07, 6.45) is 0.330. The van der Waals surface area contributed by atoms with E-state index in [1.807, 2.05) is 42.5 Å². The van der Waals surface area contributed by atoms with E-state index in [9.17, 15) is 4.79 Å². The van der Waals surface area contributed by atoms with Gasteiger partial charge in [0, 0.05) is 34.8 Å². The van der Waals surface area contributed by atoms with Crippen molar-refractivity contribution >= 4 is 27.5 Å². The summed E-state index contributed by atoms with van der Waals surface area (Å²) in [5.74, 6) is 2.24. The van der Waals surface area contributed by atoms with Gasteiger partial charge in [0.25, 0.3) is 0 Å². The van der Waals surface area contributed by atoms with E-state index in [1.165, 1.54) is 0 Å². The molecule has 1 aromatic heterocycles. The second-order valence-electron chi connectivity index (χ2n) is 6.70. The molecular formula is C20H16BrN3O4. The van der Waals surface area contributed by atoms with Gasteiger partial charge in [-0.05, 0) is 36.4 Å². The van der Waals surface area contributed by atoms with Gasteiger partial charge in [-0.25, -0.2) is 0 Å². The van der Waals surface area contributed by atoms with Gasteiger partial charge in [-0.3, -0.25) is 4.79 Å². The Morgan fingerprint density at radius 3 is 2.64 bits per heavy atom. The maximum atomic E-state index is 12.6. The number of carbonyl (C=O) groups is 1. The Morgan fingerprint density at radius 2 is 1.82 bits per heavy atom. The van der Waals surface area contributed by atoms with Gasteiger partial charge < -0.3 is 18.9 Å². The molecule has 2 aromatic carbocycles. The van der Waals surface area contributed by atoms with Crippen molar-refractivity contribution in [3.8, 4) is 22.9 Å². The molecule has 0 unspecified atom stereocenters. The number of hydrogen-bond donors (Lipinski definition) is 0. The summed E-state index contributed by atoms with van der Waals surface area (Å²) in [7, 11) is 0. The fourth-order valence-electron chi connectivity index (χ4n) is 3.44. The van der Waals surface area contributed by atoms with E-state index in [4.69, 9.17) is 14.0 Å². The average molecular weight is 442 g/mol. The van der Waals surface area contributed by atoms with E-state index >= 15 is 0 Å². The van der Waals surface area contributed by atoms with Crippen LogP contribution in [-0.2, 0) is 4.79 Å². The van der Waals surface area contributed by atoms with E-state index in [0.717, 1.165) is 15.7 Å². The molecule has 2 aliphatic heterocycles. The lowest BCUT2D eigenvalue weighted by atomic mass is 10.1.